The smallest absolute Gasteiger partial charge is 0.251 e. The molecule has 0 aliphatic carbocycles. The van der Waals surface area contributed by atoms with Crippen molar-refractivity contribution in [3.63, 3.8) is 0 Å². The lowest BCUT2D eigenvalue weighted by molar-refractivity contribution is 0.0925. The van der Waals surface area contributed by atoms with Crippen molar-refractivity contribution in [1.29, 1.82) is 0 Å². The summed E-state index contributed by atoms with van der Waals surface area (Å²) in [5, 5.41) is 3.04. The van der Waals surface area contributed by atoms with Crippen LogP contribution in [0.15, 0.2) is 22.7 Å². The SMILES string of the molecule is CC(CN1CCCCC1)NC(=O)c1cc(N)cc(Br)c1. The number of nitrogens with zero attached hydrogens (tertiary/aromatic N) is 1. The molecule has 0 aromatic heterocycles. The molecule has 0 saturated carbocycles. The molecule has 1 aliphatic rings. The Morgan fingerprint density at radius 1 is 1.35 bits per heavy atom. The molecule has 1 saturated heterocycles. The van der Waals surface area contributed by atoms with Gasteiger partial charge in [-0.05, 0) is 51.1 Å². The number of hydrogen-bond acceptors (Lipinski definition) is 3. The van der Waals surface area contributed by atoms with Gasteiger partial charge in [0.05, 0.1) is 0 Å². The fourth-order valence-electron chi connectivity index (χ4n) is 2.63. The monoisotopic (exact) mass is 339 g/mol. The van der Waals surface area contributed by atoms with E-state index in [2.05, 4.69) is 26.1 Å². The van der Waals surface area contributed by atoms with E-state index in [1.807, 2.05) is 6.92 Å². The maximum absolute atomic E-state index is 12.2. The highest BCUT2D eigenvalue weighted by atomic mass is 79.9. The number of carbonyl (C=O) groups excluding carboxylic acids is 1. The molecule has 1 amide bonds. The van der Waals surface area contributed by atoms with E-state index < -0.39 is 0 Å². The average molecular weight is 340 g/mol. The van der Waals surface area contributed by atoms with Crippen LogP contribution in [0, 0.1) is 0 Å². The number of anilines is 1. The number of hydrogen-bond donors (Lipinski definition) is 2. The molecule has 5 heteroatoms. The van der Waals surface area contributed by atoms with E-state index in [1.165, 1.54) is 19.3 Å². The highest BCUT2D eigenvalue weighted by Crippen LogP contribution is 2.17. The van der Waals surface area contributed by atoms with Crippen molar-refractivity contribution in [3.05, 3.63) is 28.2 Å². The Bertz CT molecular complexity index is 452. The third-order valence-corrected chi connectivity index (χ3v) is 4.00. The van der Waals surface area contributed by atoms with Gasteiger partial charge in [0.15, 0.2) is 0 Å². The Morgan fingerprint density at radius 2 is 2.05 bits per heavy atom. The van der Waals surface area contributed by atoms with Gasteiger partial charge in [0, 0.05) is 28.3 Å². The van der Waals surface area contributed by atoms with E-state index >= 15 is 0 Å². The fraction of sp³-hybridized carbons (Fsp3) is 0.533. The molecule has 1 unspecified atom stereocenters. The molecule has 0 radical (unpaired) electrons. The fourth-order valence-corrected chi connectivity index (χ4v) is 3.14. The van der Waals surface area contributed by atoms with Gasteiger partial charge < -0.3 is 16.0 Å². The van der Waals surface area contributed by atoms with Gasteiger partial charge in [-0.25, -0.2) is 0 Å². The van der Waals surface area contributed by atoms with Gasteiger partial charge in [-0.3, -0.25) is 4.79 Å². The van der Waals surface area contributed by atoms with Gasteiger partial charge >= 0.3 is 0 Å². The van der Waals surface area contributed by atoms with Crippen LogP contribution in [0.3, 0.4) is 0 Å². The van der Waals surface area contributed by atoms with Crippen LogP contribution in [0.5, 0.6) is 0 Å². The standard InChI is InChI=1S/C15H22BrN3O/c1-11(10-19-5-3-2-4-6-19)18-15(20)12-7-13(16)9-14(17)8-12/h7-9,11H,2-6,10,17H2,1H3,(H,18,20). The number of nitrogen functional groups attached to an aromatic ring is 1. The zero-order chi connectivity index (χ0) is 14.5. The first-order valence-corrected chi connectivity index (χ1v) is 7.93. The summed E-state index contributed by atoms with van der Waals surface area (Å²) in [6, 6.07) is 5.42. The van der Waals surface area contributed by atoms with Crippen molar-refractivity contribution in [2.75, 3.05) is 25.4 Å². The number of amides is 1. The third kappa shape index (κ3) is 4.49. The molecular weight excluding hydrogens is 318 g/mol. The first-order valence-electron chi connectivity index (χ1n) is 7.14. The summed E-state index contributed by atoms with van der Waals surface area (Å²) in [6.45, 7) is 5.25. The van der Waals surface area contributed by atoms with Gasteiger partial charge in [-0.1, -0.05) is 22.4 Å². The maximum atomic E-state index is 12.2. The van der Waals surface area contributed by atoms with Gasteiger partial charge in [-0.2, -0.15) is 0 Å². The van der Waals surface area contributed by atoms with Crippen LogP contribution < -0.4 is 11.1 Å². The maximum Gasteiger partial charge on any atom is 0.251 e. The summed E-state index contributed by atoms with van der Waals surface area (Å²) in [5.41, 5.74) is 6.95. The third-order valence-electron chi connectivity index (χ3n) is 3.54. The van der Waals surface area contributed by atoms with Crippen LogP contribution in [-0.4, -0.2) is 36.5 Å². The minimum absolute atomic E-state index is 0.0671. The van der Waals surface area contributed by atoms with E-state index in [1.54, 1.807) is 18.2 Å². The number of halogens is 1. The summed E-state index contributed by atoms with van der Waals surface area (Å²) >= 11 is 3.36. The molecule has 110 valence electrons. The van der Waals surface area contributed by atoms with Crippen LogP contribution in [-0.2, 0) is 0 Å². The molecule has 3 N–H and O–H groups in total. The Hall–Kier alpha value is -1.07. The number of benzene rings is 1. The van der Waals surface area contributed by atoms with Crippen molar-refractivity contribution in [3.8, 4) is 0 Å². The second-order valence-corrected chi connectivity index (χ2v) is 6.42. The summed E-state index contributed by atoms with van der Waals surface area (Å²) in [7, 11) is 0. The summed E-state index contributed by atoms with van der Waals surface area (Å²) < 4.78 is 0.825. The van der Waals surface area contributed by atoms with E-state index in [-0.39, 0.29) is 11.9 Å². The second-order valence-electron chi connectivity index (χ2n) is 5.51. The molecule has 20 heavy (non-hydrogen) atoms. The molecule has 0 spiro atoms. The predicted octanol–water partition coefficient (Wildman–Crippen LogP) is 2.64. The highest BCUT2D eigenvalue weighted by molar-refractivity contribution is 9.10. The molecule has 0 bridgehead atoms. The van der Waals surface area contributed by atoms with E-state index in [4.69, 9.17) is 5.73 Å². The molecule has 1 atom stereocenters. The second kappa shape index (κ2) is 7.09. The zero-order valence-electron chi connectivity index (χ0n) is 11.9. The number of likely N-dealkylation sites (tertiary alicyclic amines) is 1. The predicted molar refractivity (Wildman–Crippen MR) is 85.8 cm³/mol. The van der Waals surface area contributed by atoms with E-state index in [0.29, 0.717) is 11.3 Å². The first-order chi connectivity index (χ1) is 9.54. The zero-order valence-corrected chi connectivity index (χ0v) is 13.4. The Labute approximate surface area is 128 Å². The van der Waals surface area contributed by atoms with Crippen molar-refractivity contribution in [1.82, 2.24) is 10.2 Å². The average Bonchev–Trinajstić information content (AvgIpc) is 2.38. The van der Waals surface area contributed by atoms with Crippen LogP contribution >= 0.6 is 15.9 Å². The quantitative estimate of drug-likeness (QED) is 0.829. The molecule has 1 fully saturated rings. The minimum atomic E-state index is -0.0671. The number of piperidine rings is 1. The van der Waals surface area contributed by atoms with E-state index in [9.17, 15) is 4.79 Å². The molecule has 2 rings (SSSR count). The van der Waals surface area contributed by atoms with E-state index in [0.717, 1.165) is 24.1 Å². The Balaban J connectivity index is 1.89. The van der Waals surface area contributed by atoms with Crippen LogP contribution in [0.2, 0.25) is 0 Å². The molecule has 1 aromatic carbocycles. The number of carbonyl (C=O) groups is 1. The number of rotatable bonds is 4. The molecule has 4 nitrogen and oxygen atoms in total. The first kappa shape index (κ1) is 15.3. The molecule has 1 aromatic rings. The van der Waals surface area contributed by atoms with Crippen molar-refractivity contribution in [2.45, 2.75) is 32.2 Å². The van der Waals surface area contributed by atoms with Crippen LogP contribution in [0.25, 0.3) is 0 Å². The summed E-state index contributed by atoms with van der Waals surface area (Å²) in [6.07, 6.45) is 3.86. The normalized spacial score (nSPS) is 17.7. The number of nitrogens with one attached hydrogen (secondary N) is 1. The lowest BCUT2D eigenvalue weighted by atomic mass is 10.1. The van der Waals surface area contributed by atoms with Crippen molar-refractivity contribution >= 4 is 27.5 Å². The Kier molecular flexibility index (Phi) is 5.43. The minimum Gasteiger partial charge on any atom is -0.399 e. The van der Waals surface area contributed by atoms with Crippen LogP contribution in [0.4, 0.5) is 5.69 Å². The largest absolute Gasteiger partial charge is 0.399 e. The number of nitrogens with two attached hydrogens (primary N) is 1. The topological polar surface area (TPSA) is 58.4 Å². The van der Waals surface area contributed by atoms with Gasteiger partial charge in [-0.15, -0.1) is 0 Å². The lowest BCUT2D eigenvalue weighted by Gasteiger charge is -2.29. The highest BCUT2D eigenvalue weighted by Gasteiger charge is 2.16. The molecular formula is C15H22BrN3O. The molecule has 1 aliphatic heterocycles. The van der Waals surface area contributed by atoms with Crippen molar-refractivity contribution in [2.24, 2.45) is 0 Å². The van der Waals surface area contributed by atoms with Gasteiger partial charge in [0.25, 0.3) is 5.91 Å². The summed E-state index contributed by atoms with van der Waals surface area (Å²) in [4.78, 5) is 14.6. The Morgan fingerprint density at radius 3 is 2.70 bits per heavy atom. The lowest BCUT2D eigenvalue weighted by Crippen LogP contribution is -2.43. The molecule has 1 heterocycles. The van der Waals surface area contributed by atoms with Gasteiger partial charge in [0.1, 0.15) is 0 Å². The van der Waals surface area contributed by atoms with Gasteiger partial charge in [0.2, 0.25) is 0 Å². The van der Waals surface area contributed by atoms with Crippen molar-refractivity contribution < 1.29 is 4.79 Å². The summed E-state index contributed by atoms with van der Waals surface area (Å²) in [5.74, 6) is -0.0671. The van der Waals surface area contributed by atoms with Crippen LogP contribution in [0.1, 0.15) is 36.5 Å².